The van der Waals surface area contributed by atoms with Crippen molar-refractivity contribution < 1.29 is 4.74 Å². The van der Waals surface area contributed by atoms with Crippen LogP contribution < -0.4 is 5.32 Å². The summed E-state index contributed by atoms with van der Waals surface area (Å²) in [6, 6.07) is 8.31. The van der Waals surface area contributed by atoms with Crippen LogP contribution in [0.15, 0.2) is 24.3 Å². The summed E-state index contributed by atoms with van der Waals surface area (Å²) in [6.45, 7) is 9.33. The number of nitrogens with one attached hydrogen (secondary N) is 1. The highest BCUT2D eigenvalue weighted by atomic mass is 16.5. The standard InChI is InChI=1S/C14H24N2O/c1-4-16(5-2)11-10-15-14-9-7-6-8-13(14)12-17-3/h6-9,15H,4-5,10-12H2,1-3H3. The molecule has 1 rings (SSSR count). The van der Waals surface area contributed by atoms with E-state index in [0.29, 0.717) is 6.61 Å². The van der Waals surface area contributed by atoms with E-state index in [1.807, 2.05) is 6.07 Å². The number of hydrogen-bond acceptors (Lipinski definition) is 3. The summed E-state index contributed by atoms with van der Waals surface area (Å²) in [5, 5.41) is 3.48. The van der Waals surface area contributed by atoms with Crippen molar-refractivity contribution in [2.45, 2.75) is 20.5 Å². The van der Waals surface area contributed by atoms with Crippen molar-refractivity contribution in [3.8, 4) is 0 Å². The number of likely N-dealkylation sites (N-methyl/N-ethyl adjacent to an activating group) is 1. The molecule has 0 saturated carbocycles. The van der Waals surface area contributed by atoms with E-state index in [0.717, 1.165) is 26.2 Å². The van der Waals surface area contributed by atoms with Crippen molar-refractivity contribution in [2.75, 3.05) is 38.6 Å². The molecule has 0 radical (unpaired) electrons. The van der Waals surface area contributed by atoms with E-state index in [2.05, 4.69) is 42.3 Å². The van der Waals surface area contributed by atoms with E-state index < -0.39 is 0 Å². The quantitative estimate of drug-likeness (QED) is 0.751. The smallest absolute Gasteiger partial charge is 0.0733 e. The molecule has 0 aliphatic heterocycles. The van der Waals surface area contributed by atoms with Gasteiger partial charge in [-0.05, 0) is 19.2 Å². The largest absolute Gasteiger partial charge is 0.383 e. The van der Waals surface area contributed by atoms with Gasteiger partial charge < -0.3 is 15.0 Å². The molecule has 0 aliphatic rings. The highest BCUT2D eigenvalue weighted by Crippen LogP contribution is 2.15. The van der Waals surface area contributed by atoms with Crippen molar-refractivity contribution in [3.63, 3.8) is 0 Å². The number of rotatable bonds is 8. The third-order valence-corrected chi connectivity index (χ3v) is 2.96. The Balaban J connectivity index is 2.45. The molecule has 96 valence electrons. The minimum atomic E-state index is 0.661. The van der Waals surface area contributed by atoms with Gasteiger partial charge in [-0.1, -0.05) is 32.0 Å². The van der Waals surface area contributed by atoms with Gasteiger partial charge in [0.15, 0.2) is 0 Å². The zero-order chi connectivity index (χ0) is 12.5. The number of ether oxygens (including phenoxy) is 1. The van der Waals surface area contributed by atoms with E-state index in [-0.39, 0.29) is 0 Å². The Kier molecular flexibility index (Phi) is 6.67. The predicted molar refractivity (Wildman–Crippen MR) is 73.4 cm³/mol. The summed E-state index contributed by atoms with van der Waals surface area (Å²) in [5.74, 6) is 0. The molecule has 3 nitrogen and oxygen atoms in total. The third kappa shape index (κ3) is 4.75. The molecule has 1 aromatic rings. The molecule has 1 N–H and O–H groups in total. The average Bonchev–Trinajstić information content (AvgIpc) is 2.37. The number of nitrogens with zero attached hydrogens (tertiary/aromatic N) is 1. The molecule has 1 aromatic carbocycles. The summed E-state index contributed by atoms with van der Waals surface area (Å²) < 4.78 is 5.19. The fourth-order valence-electron chi connectivity index (χ4n) is 1.86. The Morgan fingerprint density at radius 2 is 1.88 bits per heavy atom. The zero-order valence-electron chi connectivity index (χ0n) is 11.2. The lowest BCUT2D eigenvalue weighted by Crippen LogP contribution is -2.28. The minimum Gasteiger partial charge on any atom is -0.383 e. The number of para-hydroxylation sites is 1. The first-order valence-corrected chi connectivity index (χ1v) is 6.34. The summed E-state index contributed by atoms with van der Waals surface area (Å²) in [4.78, 5) is 2.41. The fourth-order valence-corrected chi connectivity index (χ4v) is 1.86. The van der Waals surface area contributed by atoms with Crippen LogP contribution in [0.5, 0.6) is 0 Å². The van der Waals surface area contributed by atoms with Crippen molar-refractivity contribution in [3.05, 3.63) is 29.8 Å². The maximum atomic E-state index is 5.19. The van der Waals surface area contributed by atoms with Gasteiger partial charge in [-0.3, -0.25) is 0 Å². The van der Waals surface area contributed by atoms with Gasteiger partial charge in [0.1, 0.15) is 0 Å². The van der Waals surface area contributed by atoms with Gasteiger partial charge in [-0.25, -0.2) is 0 Å². The topological polar surface area (TPSA) is 24.5 Å². The van der Waals surface area contributed by atoms with Crippen LogP contribution in [0.3, 0.4) is 0 Å². The van der Waals surface area contributed by atoms with Crippen molar-refractivity contribution in [2.24, 2.45) is 0 Å². The molecule has 0 saturated heterocycles. The molecule has 0 atom stereocenters. The van der Waals surface area contributed by atoms with Gasteiger partial charge >= 0.3 is 0 Å². The second-order valence-electron chi connectivity index (χ2n) is 4.04. The van der Waals surface area contributed by atoms with E-state index >= 15 is 0 Å². The van der Waals surface area contributed by atoms with Gasteiger partial charge in [0.2, 0.25) is 0 Å². The monoisotopic (exact) mass is 236 g/mol. The number of hydrogen-bond donors (Lipinski definition) is 1. The predicted octanol–water partition coefficient (Wildman–Crippen LogP) is 2.59. The second kappa shape index (κ2) is 8.09. The van der Waals surface area contributed by atoms with Crippen LogP contribution in [0.1, 0.15) is 19.4 Å². The van der Waals surface area contributed by atoms with E-state index in [9.17, 15) is 0 Å². The molecule has 0 amide bonds. The zero-order valence-corrected chi connectivity index (χ0v) is 11.2. The molecule has 0 spiro atoms. The number of benzene rings is 1. The van der Waals surface area contributed by atoms with Crippen LogP contribution in [0.4, 0.5) is 5.69 Å². The SMILES string of the molecule is CCN(CC)CCNc1ccccc1COC. The van der Waals surface area contributed by atoms with E-state index in [4.69, 9.17) is 4.74 Å². The Bertz CT molecular complexity index is 311. The normalized spacial score (nSPS) is 10.8. The van der Waals surface area contributed by atoms with Crippen molar-refractivity contribution in [1.82, 2.24) is 4.90 Å². The lowest BCUT2D eigenvalue weighted by atomic mass is 10.2. The molecule has 0 aliphatic carbocycles. The summed E-state index contributed by atoms with van der Waals surface area (Å²) in [6.07, 6.45) is 0. The molecule has 0 bridgehead atoms. The lowest BCUT2D eigenvalue weighted by Gasteiger charge is -2.19. The van der Waals surface area contributed by atoms with Crippen LogP contribution in [0.2, 0.25) is 0 Å². The molecule has 0 unspecified atom stereocenters. The van der Waals surface area contributed by atoms with Gasteiger partial charge in [0.05, 0.1) is 6.61 Å². The molecule has 0 fully saturated rings. The van der Waals surface area contributed by atoms with Gasteiger partial charge in [0.25, 0.3) is 0 Å². The Morgan fingerprint density at radius 3 is 2.53 bits per heavy atom. The van der Waals surface area contributed by atoms with Crippen molar-refractivity contribution >= 4 is 5.69 Å². The minimum absolute atomic E-state index is 0.661. The first-order chi connectivity index (χ1) is 8.31. The van der Waals surface area contributed by atoms with E-state index in [1.54, 1.807) is 7.11 Å². The molecule has 0 aromatic heterocycles. The highest BCUT2D eigenvalue weighted by Gasteiger charge is 2.02. The Labute approximate surface area is 105 Å². The number of methoxy groups -OCH3 is 1. The van der Waals surface area contributed by atoms with Crippen LogP contribution in [0, 0.1) is 0 Å². The fraction of sp³-hybridized carbons (Fsp3) is 0.571. The van der Waals surface area contributed by atoms with E-state index in [1.165, 1.54) is 11.3 Å². The highest BCUT2D eigenvalue weighted by molar-refractivity contribution is 5.50. The van der Waals surface area contributed by atoms with Crippen LogP contribution in [-0.4, -0.2) is 38.2 Å². The third-order valence-electron chi connectivity index (χ3n) is 2.96. The molecule has 0 heterocycles. The van der Waals surface area contributed by atoms with Gasteiger partial charge in [-0.2, -0.15) is 0 Å². The summed E-state index contributed by atoms with van der Waals surface area (Å²) >= 11 is 0. The first-order valence-electron chi connectivity index (χ1n) is 6.34. The Morgan fingerprint density at radius 1 is 1.18 bits per heavy atom. The first kappa shape index (κ1) is 14.0. The van der Waals surface area contributed by atoms with Crippen molar-refractivity contribution in [1.29, 1.82) is 0 Å². The molecular formula is C14H24N2O. The average molecular weight is 236 g/mol. The van der Waals surface area contributed by atoms with Gasteiger partial charge in [0, 0.05) is 31.5 Å². The lowest BCUT2D eigenvalue weighted by molar-refractivity contribution is 0.185. The number of anilines is 1. The second-order valence-corrected chi connectivity index (χ2v) is 4.04. The summed E-state index contributed by atoms with van der Waals surface area (Å²) in [7, 11) is 1.73. The maximum Gasteiger partial charge on any atom is 0.0733 e. The molecular weight excluding hydrogens is 212 g/mol. The van der Waals surface area contributed by atoms with Crippen LogP contribution >= 0.6 is 0 Å². The molecule has 3 heteroatoms. The summed E-state index contributed by atoms with van der Waals surface area (Å²) in [5.41, 5.74) is 2.40. The van der Waals surface area contributed by atoms with Crippen LogP contribution in [-0.2, 0) is 11.3 Å². The molecule has 17 heavy (non-hydrogen) atoms. The Hall–Kier alpha value is -1.06. The van der Waals surface area contributed by atoms with Crippen LogP contribution in [0.25, 0.3) is 0 Å². The maximum absolute atomic E-state index is 5.19. The van der Waals surface area contributed by atoms with Gasteiger partial charge in [-0.15, -0.1) is 0 Å².